The summed E-state index contributed by atoms with van der Waals surface area (Å²) in [5, 5.41) is 15.9. The van der Waals surface area contributed by atoms with Crippen LogP contribution in [0.15, 0.2) is 16.3 Å². The number of anilines is 1. The van der Waals surface area contributed by atoms with Gasteiger partial charge in [0.05, 0.1) is 6.20 Å². The molecule has 0 aliphatic rings. The first-order valence-corrected chi connectivity index (χ1v) is 6.05. The summed E-state index contributed by atoms with van der Waals surface area (Å²) in [5.41, 5.74) is 1.22. The largest absolute Gasteiger partial charge is 0.360 e. The summed E-state index contributed by atoms with van der Waals surface area (Å²) >= 11 is 4.75. The van der Waals surface area contributed by atoms with Crippen LogP contribution in [0.4, 0.5) is 5.13 Å². The molecular weight excluding hydrogens is 278 g/mol. The minimum atomic E-state index is 0.798. The average Bonchev–Trinajstić information content (AvgIpc) is 2.76. The summed E-state index contributed by atoms with van der Waals surface area (Å²) < 4.78 is 2.60. The maximum absolute atomic E-state index is 4.10. The molecule has 0 atom stereocenters. The molecular formula is C8H10BrN5S. The number of hydrogen-bond donors (Lipinski definition) is 1. The minimum absolute atomic E-state index is 0.798. The molecule has 0 spiro atoms. The van der Waals surface area contributed by atoms with Gasteiger partial charge in [0.2, 0.25) is 5.13 Å². The average molecular weight is 288 g/mol. The van der Waals surface area contributed by atoms with Gasteiger partial charge >= 0.3 is 0 Å². The van der Waals surface area contributed by atoms with Crippen LogP contribution in [-0.4, -0.2) is 26.5 Å². The number of nitrogens with one attached hydrogen (secondary N) is 1. The highest BCUT2D eigenvalue weighted by molar-refractivity contribution is 9.11. The van der Waals surface area contributed by atoms with Gasteiger partial charge in [-0.3, -0.25) is 4.68 Å². The molecule has 2 aromatic rings. The summed E-state index contributed by atoms with van der Waals surface area (Å²) in [6.07, 6.45) is 4.82. The quantitative estimate of drug-likeness (QED) is 0.930. The molecule has 0 fully saturated rings. The van der Waals surface area contributed by atoms with Gasteiger partial charge in [-0.1, -0.05) is 11.3 Å². The zero-order chi connectivity index (χ0) is 10.7. The molecule has 0 unspecified atom stereocenters. The van der Waals surface area contributed by atoms with E-state index in [1.54, 1.807) is 4.68 Å². The predicted octanol–water partition coefficient (Wildman–Crippen LogP) is 1.69. The Balaban J connectivity index is 1.80. The van der Waals surface area contributed by atoms with Crippen LogP contribution < -0.4 is 5.32 Å². The summed E-state index contributed by atoms with van der Waals surface area (Å²) in [6.45, 7) is 0.841. The van der Waals surface area contributed by atoms with Gasteiger partial charge in [-0.15, -0.1) is 10.2 Å². The van der Waals surface area contributed by atoms with E-state index in [9.17, 15) is 0 Å². The van der Waals surface area contributed by atoms with Gasteiger partial charge in [-0.25, -0.2) is 0 Å². The lowest BCUT2D eigenvalue weighted by molar-refractivity contribution is 0.767. The summed E-state index contributed by atoms with van der Waals surface area (Å²) in [6, 6.07) is 0. The second-order valence-corrected chi connectivity index (χ2v) is 5.31. The first kappa shape index (κ1) is 10.6. The lowest BCUT2D eigenvalue weighted by Crippen LogP contribution is -2.03. The number of hydrogen-bond acceptors (Lipinski definition) is 5. The molecule has 2 heterocycles. The molecule has 15 heavy (non-hydrogen) atoms. The monoisotopic (exact) mass is 287 g/mol. The van der Waals surface area contributed by atoms with Crippen molar-refractivity contribution >= 4 is 32.4 Å². The molecule has 0 aliphatic heterocycles. The third-order valence-electron chi connectivity index (χ3n) is 1.85. The van der Waals surface area contributed by atoms with Crippen LogP contribution in [0.25, 0.3) is 0 Å². The zero-order valence-electron chi connectivity index (χ0n) is 8.14. The van der Waals surface area contributed by atoms with Crippen LogP contribution in [0.5, 0.6) is 0 Å². The van der Waals surface area contributed by atoms with E-state index >= 15 is 0 Å². The number of halogens is 1. The Morgan fingerprint density at radius 2 is 2.40 bits per heavy atom. The summed E-state index contributed by atoms with van der Waals surface area (Å²) in [5.74, 6) is 0. The smallest absolute Gasteiger partial charge is 0.206 e. The van der Waals surface area contributed by atoms with Crippen molar-refractivity contribution in [2.45, 2.75) is 6.42 Å². The van der Waals surface area contributed by atoms with Crippen LogP contribution in [0.1, 0.15) is 5.56 Å². The lowest BCUT2D eigenvalue weighted by Gasteiger charge is -1.98. The molecule has 0 aromatic carbocycles. The molecule has 2 aromatic heterocycles. The van der Waals surface area contributed by atoms with E-state index in [0.29, 0.717) is 0 Å². The van der Waals surface area contributed by atoms with Gasteiger partial charge in [0.1, 0.15) is 0 Å². The molecule has 0 radical (unpaired) electrons. The van der Waals surface area contributed by atoms with Crippen LogP contribution in [0.2, 0.25) is 0 Å². The van der Waals surface area contributed by atoms with E-state index in [0.717, 1.165) is 22.0 Å². The number of nitrogens with zero attached hydrogens (tertiary/aromatic N) is 4. The molecule has 7 heteroatoms. The van der Waals surface area contributed by atoms with Crippen molar-refractivity contribution in [3.8, 4) is 0 Å². The van der Waals surface area contributed by atoms with E-state index in [4.69, 9.17) is 0 Å². The Hall–Kier alpha value is -0.950. The van der Waals surface area contributed by atoms with Gasteiger partial charge in [0, 0.05) is 19.8 Å². The molecule has 80 valence electrons. The minimum Gasteiger partial charge on any atom is -0.360 e. The number of aryl methyl sites for hydroxylation is 1. The number of rotatable bonds is 4. The molecule has 5 nitrogen and oxygen atoms in total. The first-order chi connectivity index (χ1) is 7.24. The molecule has 0 amide bonds. The summed E-state index contributed by atoms with van der Waals surface area (Å²) in [4.78, 5) is 0. The van der Waals surface area contributed by atoms with Gasteiger partial charge in [-0.2, -0.15) is 5.10 Å². The molecule has 0 bridgehead atoms. The highest BCUT2D eigenvalue weighted by Gasteiger charge is 2.00. The molecule has 2 rings (SSSR count). The van der Waals surface area contributed by atoms with Gasteiger partial charge in [0.25, 0.3) is 0 Å². The van der Waals surface area contributed by atoms with E-state index in [2.05, 4.69) is 36.5 Å². The van der Waals surface area contributed by atoms with Crippen LogP contribution in [-0.2, 0) is 13.5 Å². The fraction of sp³-hybridized carbons (Fsp3) is 0.375. The van der Waals surface area contributed by atoms with Crippen LogP contribution >= 0.6 is 27.3 Å². The van der Waals surface area contributed by atoms with Crippen molar-refractivity contribution in [2.24, 2.45) is 7.05 Å². The third kappa shape index (κ3) is 3.00. The van der Waals surface area contributed by atoms with Crippen LogP contribution in [0.3, 0.4) is 0 Å². The summed E-state index contributed by atoms with van der Waals surface area (Å²) in [7, 11) is 1.92. The second kappa shape index (κ2) is 4.71. The third-order valence-corrected chi connectivity index (χ3v) is 3.16. The lowest BCUT2D eigenvalue weighted by atomic mass is 10.2. The van der Waals surface area contributed by atoms with Crippen LogP contribution in [0, 0.1) is 0 Å². The SMILES string of the molecule is Cn1cc(CCNc2nnc(Br)s2)cn1. The number of aromatic nitrogens is 4. The van der Waals surface area contributed by atoms with Crippen molar-refractivity contribution in [3.63, 3.8) is 0 Å². The Bertz CT molecular complexity index is 397. The highest BCUT2D eigenvalue weighted by Crippen LogP contribution is 2.19. The van der Waals surface area contributed by atoms with Crippen molar-refractivity contribution in [2.75, 3.05) is 11.9 Å². The van der Waals surface area contributed by atoms with Crippen molar-refractivity contribution in [1.82, 2.24) is 20.0 Å². The maximum atomic E-state index is 4.10. The predicted molar refractivity (Wildman–Crippen MR) is 63.0 cm³/mol. The second-order valence-electron chi connectivity index (χ2n) is 3.06. The van der Waals surface area contributed by atoms with E-state index in [-0.39, 0.29) is 0 Å². The topological polar surface area (TPSA) is 55.6 Å². The standard InChI is InChI=1S/C8H10BrN5S/c1-14-5-6(4-11-14)2-3-10-8-13-12-7(9)15-8/h4-5H,2-3H2,1H3,(H,10,13). The van der Waals surface area contributed by atoms with Crippen molar-refractivity contribution in [3.05, 3.63) is 21.9 Å². The highest BCUT2D eigenvalue weighted by atomic mass is 79.9. The van der Waals surface area contributed by atoms with E-state index in [1.165, 1.54) is 16.9 Å². The Morgan fingerprint density at radius 3 is 3.00 bits per heavy atom. The van der Waals surface area contributed by atoms with E-state index in [1.807, 2.05) is 19.4 Å². The fourth-order valence-corrected chi connectivity index (χ4v) is 2.23. The Labute approximate surface area is 99.7 Å². The van der Waals surface area contributed by atoms with Crippen molar-refractivity contribution in [1.29, 1.82) is 0 Å². The Kier molecular flexibility index (Phi) is 3.32. The maximum Gasteiger partial charge on any atom is 0.206 e. The molecule has 0 aliphatic carbocycles. The molecule has 0 saturated heterocycles. The Morgan fingerprint density at radius 1 is 1.53 bits per heavy atom. The fourth-order valence-electron chi connectivity index (χ4n) is 1.19. The van der Waals surface area contributed by atoms with Crippen molar-refractivity contribution < 1.29 is 0 Å². The zero-order valence-corrected chi connectivity index (χ0v) is 10.5. The molecule has 1 N–H and O–H groups in total. The van der Waals surface area contributed by atoms with Gasteiger partial charge in [0.15, 0.2) is 3.92 Å². The first-order valence-electron chi connectivity index (χ1n) is 4.44. The molecule has 0 saturated carbocycles. The van der Waals surface area contributed by atoms with Gasteiger partial charge in [-0.05, 0) is 27.9 Å². The van der Waals surface area contributed by atoms with Gasteiger partial charge < -0.3 is 5.32 Å². The van der Waals surface area contributed by atoms with E-state index < -0.39 is 0 Å². The normalized spacial score (nSPS) is 10.5.